The van der Waals surface area contributed by atoms with E-state index in [0.717, 1.165) is 21.9 Å². The summed E-state index contributed by atoms with van der Waals surface area (Å²) in [7, 11) is -3.59. The van der Waals surface area contributed by atoms with Crippen molar-refractivity contribution in [2.75, 3.05) is 15.4 Å². The van der Waals surface area contributed by atoms with Crippen LogP contribution in [0.4, 0.5) is 28.8 Å². The third-order valence-corrected chi connectivity index (χ3v) is 7.43. The molecule has 0 aliphatic rings. The average Bonchev–Trinajstić information content (AvgIpc) is 3.18. The van der Waals surface area contributed by atoms with Gasteiger partial charge in [0.1, 0.15) is 10.0 Å². The molecule has 4 rings (SSSR count). The van der Waals surface area contributed by atoms with Crippen molar-refractivity contribution in [1.82, 2.24) is 9.97 Å². The van der Waals surface area contributed by atoms with E-state index in [0.29, 0.717) is 21.7 Å². The zero-order valence-electron chi connectivity index (χ0n) is 17.9. The fourth-order valence-electron chi connectivity index (χ4n) is 2.99. The van der Waals surface area contributed by atoms with Crippen LogP contribution in [-0.4, -0.2) is 18.4 Å². The van der Waals surface area contributed by atoms with Gasteiger partial charge in [0.25, 0.3) is 10.0 Å². The van der Waals surface area contributed by atoms with Gasteiger partial charge in [-0.1, -0.05) is 17.7 Å². The van der Waals surface area contributed by atoms with Gasteiger partial charge in [-0.05, 0) is 69.3 Å². The topological polar surface area (TPSA) is 96.0 Å². The van der Waals surface area contributed by atoms with E-state index in [9.17, 15) is 8.42 Å². The van der Waals surface area contributed by atoms with Crippen molar-refractivity contribution in [3.8, 4) is 0 Å². The largest absolute Gasteiger partial charge is 0.340 e. The van der Waals surface area contributed by atoms with Gasteiger partial charge in [-0.15, -0.1) is 11.3 Å². The molecular weight excluding hydrogens is 442 g/mol. The highest BCUT2D eigenvalue weighted by Gasteiger charge is 2.16. The van der Waals surface area contributed by atoms with Crippen molar-refractivity contribution in [2.45, 2.75) is 25.0 Å². The van der Waals surface area contributed by atoms with E-state index in [1.54, 1.807) is 36.4 Å². The summed E-state index contributed by atoms with van der Waals surface area (Å²) >= 11 is 1.24. The number of aromatic nitrogens is 2. The number of hydrogen-bond acceptors (Lipinski definition) is 7. The predicted octanol–water partition coefficient (Wildman–Crippen LogP) is 5.75. The van der Waals surface area contributed by atoms with Crippen LogP contribution in [0.2, 0.25) is 0 Å². The number of aryl methyl sites for hydroxylation is 3. The zero-order chi connectivity index (χ0) is 22.7. The van der Waals surface area contributed by atoms with Crippen LogP contribution < -0.4 is 15.4 Å². The van der Waals surface area contributed by atoms with E-state index in [2.05, 4.69) is 25.3 Å². The van der Waals surface area contributed by atoms with E-state index in [1.165, 1.54) is 16.9 Å². The molecule has 3 N–H and O–H groups in total. The monoisotopic (exact) mass is 465 g/mol. The Kier molecular flexibility index (Phi) is 6.11. The van der Waals surface area contributed by atoms with E-state index in [-0.39, 0.29) is 0 Å². The van der Waals surface area contributed by atoms with Gasteiger partial charge in [0.05, 0.1) is 0 Å². The zero-order valence-corrected chi connectivity index (χ0v) is 19.5. The molecule has 0 saturated heterocycles. The van der Waals surface area contributed by atoms with Gasteiger partial charge in [-0.25, -0.2) is 13.4 Å². The molecule has 0 amide bonds. The number of hydrogen-bond donors (Lipinski definition) is 3. The predicted molar refractivity (Wildman–Crippen MR) is 131 cm³/mol. The highest BCUT2D eigenvalue weighted by Crippen LogP contribution is 2.25. The Morgan fingerprint density at radius 1 is 0.750 bits per heavy atom. The normalized spacial score (nSPS) is 11.2. The van der Waals surface area contributed by atoms with Crippen molar-refractivity contribution >= 4 is 50.2 Å². The van der Waals surface area contributed by atoms with E-state index >= 15 is 0 Å². The van der Waals surface area contributed by atoms with Crippen LogP contribution in [0.3, 0.4) is 0 Å². The number of benzene rings is 2. The number of anilines is 5. The Bertz CT molecular complexity index is 1330. The Hall–Kier alpha value is -3.43. The Balaban J connectivity index is 1.46. The average molecular weight is 466 g/mol. The van der Waals surface area contributed by atoms with Gasteiger partial charge in [0.2, 0.25) is 5.95 Å². The summed E-state index contributed by atoms with van der Waals surface area (Å²) in [6.45, 7) is 5.81. The molecule has 0 aliphatic carbocycles. The summed E-state index contributed by atoms with van der Waals surface area (Å²) in [5.41, 5.74) is 4.17. The molecule has 0 atom stereocenters. The van der Waals surface area contributed by atoms with Gasteiger partial charge in [0, 0.05) is 33.7 Å². The first-order valence-electron chi connectivity index (χ1n) is 9.93. The summed E-state index contributed by atoms with van der Waals surface area (Å²) in [6.07, 6.45) is 0. The molecule has 164 valence electrons. The van der Waals surface area contributed by atoms with Crippen LogP contribution >= 0.6 is 11.3 Å². The van der Waals surface area contributed by atoms with Crippen LogP contribution in [0.15, 0.2) is 70.9 Å². The number of sulfonamides is 1. The van der Waals surface area contributed by atoms with Crippen molar-refractivity contribution in [2.24, 2.45) is 0 Å². The van der Waals surface area contributed by atoms with Crippen LogP contribution in [0.25, 0.3) is 0 Å². The van der Waals surface area contributed by atoms with E-state index in [4.69, 9.17) is 0 Å². The van der Waals surface area contributed by atoms with Crippen LogP contribution in [0, 0.1) is 20.8 Å². The summed E-state index contributed by atoms with van der Waals surface area (Å²) in [6, 6.07) is 20.2. The molecule has 0 radical (unpaired) electrons. The SMILES string of the molecule is Cc1ccc(Nc2nc(C)cc(Nc3ccc(NS(=O)(=O)c4ccc(C)s4)cc3)n2)cc1. The molecule has 9 heteroatoms. The first-order valence-corrected chi connectivity index (χ1v) is 12.2. The lowest BCUT2D eigenvalue weighted by molar-refractivity contribution is 0.603. The minimum absolute atomic E-state index is 0.294. The third kappa shape index (κ3) is 5.43. The van der Waals surface area contributed by atoms with Gasteiger partial charge in [-0.2, -0.15) is 4.98 Å². The minimum Gasteiger partial charge on any atom is -0.340 e. The van der Waals surface area contributed by atoms with Crippen LogP contribution in [0.5, 0.6) is 0 Å². The molecule has 4 aromatic rings. The van der Waals surface area contributed by atoms with Gasteiger partial charge in [-0.3, -0.25) is 4.72 Å². The molecule has 0 spiro atoms. The Morgan fingerprint density at radius 3 is 2.03 bits per heavy atom. The molecule has 7 nitrogen and oxygen atoms in total. The second kappa shape index (κ2) is 8.97. The molecule has 32 heavy (non-hydrogen) atoms. The number of rotatable bonds is 7. The molecular formula is C23H23N5O2S2. The highest BCUT2D eigenvalue weighted by molar-refractivity contribution is 7.94. The summed E-state index contributed by atoms with van der Waals surface area (Å²) in [4.78, 5) is 9.91. The third-order valence-electron chi connectivity index (χ3n) is 4.55. The molecule has 2 heterocycles. The quantitative estimate of drug-likeness (QED) is 0.322. The molecule has 0 fully saturated rings. The maximum atomic E-state index is 12.5. The number of nitrogens with zero attached hydrogens (tertiary/aromatic N) is 2. The lowest BCUT2D eigenvalue weighted by Crippen LogP contribution is -2.11. The summed E-state index contributed by atoms with van der Waals surface area (Å²) in [5, 5.41) is 6.45. The highest BCUT2D eigenvalue weighted by atomic mass is 32.2. The smallest absolute Gasteiger partial charge is 0.271 e. The lowest BCUT2D eigenvalue weighted by Gasteiger charge is -2.11. The van der Waals surface area contributed by atoms with Crippen molar-refractivity contribution in [1.29, 1.82) is 0 Å². The maximum absolute atomic E-state index is 12.5. The second-order valence-corrected chi connectivity index (χ2v) is 10.6. The lowest BCUT2D eigenvalue weighted by atomic mass is 10.2. The van der Waals surface area contributed by atoms with Crippen molar-refractivity contribution in [3.05, 3.63) is 82.9 Å². The summed E-state index contributed by atoms with van der Waals surface area (Å²) in [5.74, 6) is 1.13. The first kappa shape index (κ1) is 21.8. The second-order valence-electron chi connectivity index (χ2n) is 7.38. The Labute approximate surface area is 191 Å². The fourth-order valence-corrected chi connectivity index (χ4v) is 5.33. The van der Waals surface area contributed by atoms with E-state index < -0.39 is 10.0 Å². The van der Waals surface area contributed by atoms with Crippen LogP contribution in [-0.2, 0) is 10.0 Å². The molecule has 0 aliphatic heterocycles. The van der Waals surface area contributed by atoms with Crippen molar-refractivity contribution in [3.63, 3.8) is 0 Å². The first-order chi connectivity index (χ1) is 15.3. The van der Waals surface area contributed by atoms with Gasteiger partial charge >= 0.3 is 0 Å². The van der Waals surface area contributed by atoms with Gasteiger partial charge < -0.3 is 10.6 Å². The fraction of sp³-hybridized carbons (Fsp3) is 0.130. The van der Waals surface area contributed by atoms with Crippen molar-refractivity contribution < 1.29 is 8.42 Å². The minimum atomic E-state index is -3.59. The van der Waals surface area contributed by atoms with Gasteiger partial charge in [0.15, 0.2) is 0 Å². The molecule has 0 bridgehead atoms. The Morgan fingerprint density at radius 2 is 1.38 bits per heavy atom. The number of thiophene rings is 1. The molecule has 0 saturated carbocycles. The molecule has 2 aromatic heterocycles. The maximum Gasteiger partial charge on any atom is 0.271 e. The molecule has 2 aromatic carbocycles. The standard InChI is InChI=1S/C23H23N5O2S2/c1-15-4-7-19(8-5-15)26-23-24-16(2)14-21(27-23)25-18-9-11-20(12-10-18)28-32(29,30)22-13-6-17(3)31-22/h4-14,28H,1-3H3,(H2,24,25,26,27). The number of nitrogens with one attached hydrogen (secondary N) is 3. The summed E-state index contributed by atoms with van der Waals surface area (Å²) < 4.78 is 27.9. The molecule has 0 unspecified atom stereocenters. The van der Waals surface area contributed by atoms with Crippen LogP contribution in [0.1, 0.15) is 16.1 Å². The van der Waals surface area contributed by atoms with E-state index in [1.807, 2.05) is 51.1 Å².